The smallest absolute Gasteiger partial charge is 0.225 e. The number of halogens is 4. The van der Waals surface area contributed by atoms with Crippen LogP contribution in [0.5, 0.6) is 0 Å². The summed E-state index contributed by atoms with van der Waals surface area (Å²) < 4.78 is 61.3. The lowest BCUT2D eigenvalue weighted by molar-refractivity contribution is -0.116. The summed E-state index contributed by atoms with van der Waals surface area (Å²) in [6, 6.07) is 4.12. The van der Waals surface area contributed by atoms with Crippen molar-refractivity contribution in [2.24, 2.45) is 5.92 Å². The number of carbonyl (C=O) groups is 1. The molecule has 0 saturated carbocycles. The van der Waals surface area contributed by atoms with E-state index in [-0.39, 0.29) is 18.2 Å². The first-order valence-corrected chi connectivity index (χ1v) is 12.5. The minimum absolute atomic E-state index is 0.0635. The molecular formula is C29H33F4N3O2. The molecule has 1 amide bonds. The van der Waals surface area contributed by atoms with Crippen molar-refractivity contribution in [2.75, 3.05) is 31.7 Å². The Bertz CT molecular complexity index is 1160. The van der Waals surface area contributed by atoms with Crippen molar-refractivity contribution in [2.45, 2.75) is 38.2 Å². The summed E-state index contributed by atoms with van der Waals surface area (Å²) in [5.74, 6) is -3.53. The first-order chi connectivity index (χ1) is 18.3. The van der Waals surface area contributed by atoms with Gasteiger partial charge in [-0.2, -0.15) is 0 Å². The number of benzene rings is 1. The maximum absolute atomic E-state index is 14.7. The Morgan fingerprint density at radius 2 is 2.13 bits per heavy atom. The van der Waals surface area contributed by atoms with Crippen LogP contribution in [0.4, 0.5) is 23.2 Å². The number of alkyl halides is 1. The molecule has 1 aliphatic rings. The molecule has 1 unspecified atom stereocenters. The van der Waals surface area contributed by atoms with Crippen LogP contribution in [0, 0.1) is 24.5 Å². The van der Waals surface area contributed by atoms with Gasteiger partial charge in [-0.1, -0.05) is 30.9 Å². The van der Waals surface area contributed by atoms with Crippen molar-refractivity contribution < 1.29 is 27.1 Å². The van der Waals surface area contributed by atoms with Crippen LogP contribution < -0.4 is 10.6 Å². The number of hydrogen-bond acceptors (Lipinski definition) is 4. The van der Waals surface area contributed by atoms with E-state index < -0.39 is 41.9 Å². The number of rotatable bonds is 12. The predicted octanol–water partition coefficient (Wildman–Crippen LogP) is 5.88. The fraction of sp³-hybridized carbons (Fsp3) is 0.379. The zero-order chi connectivity index (χ0) is 27.5. The number of nitrogens with zero attached hydrogens (tertiary/aromatic N) is 1. The Morgan fingerprint density at radius 1 is 1.32 bits per heavy atom. The molecule has 38 heavy (non-hydrogen) atoms. The van der Waals surface area contributed by atoms with Gasteiger partial charge < -0.3 is 15.4 Å². The van der Waals surface area contributed by atoms with E-state index in [1.54, 1.807) is 6.92 Å². The average molecular weight is 532 g/mol. The molecule has 2 heterocycles. The predicted molar refractivity (Wildman–Crippen MR) is 140 cm³/mol. The van der Waals surface area contributed by atoms with Crippen LogP contribution in [-0.2, 0) is 16.0 Å². The summed E-state index contributed by atoms with van der Waals surface area (Å²) in [5, 5.41) is 5.97. The Balaban J connectivity index is 1.81. The van der Waals surface area contributed by atoms with E-state index >= 15 is 0 Å². The number of allylic oxidation sites excluding steroid dienone is 5. The van der Waals surface area contributed by atoms with Gasteiger partial charge in [-0.3, -0.25) is 14.2 Å². The minimum Gasteiger partial charge on any atom is -0.376 e. The van der Waals surface area contributed by atoms with Crippen molar-refractivity contribution in [1.82, 2.24) is 10.3 Å². The summed E-state index contributed by atoms with van der Waals surface area (Å²) in [4.78, 5) is 17.1. The molecule has 1 aromatic carbocycles. The highest BCUT2D eigenvalue weighted by Gasteiger charge is 2.26. The number of morpholine rings is 1. The largest absolute Gasteiger partial charge is 0.376 e. The van der Waals surface area contributed by atoms with Crippen LogP contribution in [0.1, 0.15) is 35.4 Å². The molecule has 1 fully saturated rings. The lowest BCUT2D eigenvalue weighted by atomic mass is 9.81. The molecule has 2 N–H and O–H groups in total. The van der Waals surface area contributed by atoms with Crippen molar-refractivity contribution in [3.8, 4) is 0 Å². The SMILES string of the molecule is C=C(F)/C=C\C=C\C(CF)[C@@H](CC(=O)Nc1cncc(F)c1CC[C@@H]1CNCCO1)c1ccc(F)cc1C. The number of aromatic nitrogens is 1. The molecule has 5 nitrogen and oxygen atoms in total. The number of amides is 1. The number of pyridine rings is 1. The van der Waals surface area contributed by atoms with Crippen molar-refractivity contribution in [1.29, 1.82) is 0 Å². The van der Waals surface area contributed by atoms with E-state index in [1.807, 2.05) is 0 Å². The summed E-state index contributed by atoms with van der Waals surface area (Å²) in [5.41, 5.74) is 1.73. The van der Waals surface area contributed by atoms with E-state index in [9.17, 15) is 22.4 Å². The molecule has 0 bridgehead atoms. The second-order valence-corrected chi connectivity index (χ2v) is 9.25. The highest BCUT2D eigenvalue weighted by atomic mass is 19.1. The van der Waals surface area contributed by atoms with Gasteiger partial charge in [-0.15, -0.1) is 0 Å². The van der Waals surface area contributed by atoms with Gasteiger partial charge in [0, 0.05) is 36.9 Å². The standard InChI is InChI=1S/C29H33F4N3O2/c1-19-13-22(32)7-9-24(19)26(21(15-30)6-4-3-5-20(2)31)14-29(37)36-28-18-35-17-27(33)25(28)10-8-23-16-34-11-12-38-23/h3-7,9,13,17-18,21,23,26,34H,2,8,10-12,14-16H2,1H3,(H,36,37)/b5-3-,6-4+/t21?,23-,26-/m1/s1. The van der Waals surface area contributed by atoms with Crippen LogP contribution in [0.15, 0.2) is 67.3 Å². The second kappa shape index (κ2) is 14.6. The van der Waals surface area contributed by atoms with E-state index in [1.165, 1.54) is 42.6 Å². The molecule has 1 aromatic heterocycles. The summed E-state index contributed by atoms with van der Waals surface area (Å²) in [7, 11) is 0. The molecule has 1 saturated heterocycles. The van der Waals surface area contributed by atoms with Gasteiger partial charge in [0.05, 0.1) is 37.5 Å². The van der Waals surface area contributed by atoms with Gasteiger partial charge >= 0.3 is 0 Å². The normalized spacial score (nSPS) is 17.6. The van der Waals surface area contributed by atoms with E-state index in [4.69, 9.17) is 4.74 Å². The Morgan fingerprint density at radius 3 is 2.82 bits per heavy atom. The Labute approximate surface area is 220 Å². The third kappa shape index (κ3) is 8.63. The molecule has 0 aliphatic carbocycles. The van der Waals surface area contributed by atoms with Gasteiger partial charge in [0.15, 0.2) is 0 Å². The van der Waals surface area contributed by atoms with Gasteiger partial charge in [-0.05, 0) is 49.1 Å². The number of carbonyl (C=O) groups excluding carboxylic acids is 1. The average Bonchev–Trinajstić information content (AvgIpc) is 2.88. The third-order valence-electron chi connectivity index (χ3n) is 6.48. The van der Waals surface area contributed by atoms with Crippen molar-refractivity contribution in [3.05, 3.63) is 95.6 Å². The molecule has 3 atom stereocenters. The zero-order valence-corrected chi connectivity index (χ0v) is 21.4. The Hall–Kier alpha value is -3.30. The maximum atomic E-state index is 14.7. The van der Waals surface area contributed by atoms with Crippen LogP contribution in [-0.4, -0.2) is 43.4 Å². The number of hydrogen-bond donors (Lipinski definition) is 2. The molecule has 1 aliphatic heterocycles. The summed E-state index contributed by atoms with van der Waals surface area (Å²) in [6.07, 6.45) is 8.68. The number of ether oxygens (including phenoxy) is 1. The number of nitrogens with one attached hydrogen (secondary N) is 2. The lowest BCUT2D eigenvalue weighted by Crippen LogP contribution is -2.38. The Kier molecular flexibility index (Phi) is 11.2. The molecule has 9 heteroatoms. The van der Waals surface area contributed by atoms with Crippen LogP contribution in [0.2, 0.25) is 0 Å². The highest BCUT2D eigenvalue weighted by molar-refractivity contribution is 5.92. The number of aryl methyl sites for hydroxylation is 1. The molecule has 3 rings (SSSR count). The molecule has 2 aromatic rings. The topological polar surface area (TPSA) is 63.2 Å². The maximum Gasteiger partial charge on any atom is 0.225 e. The molecular weight excluding hydrogens is 498 g/mol. The molecule has 0 spiro atoms. The van der Waals surface area contributed by atoms with Crippen LogP contribution in [0.3, 0.4) is 0 Å². The fourth-order valence-electron chi connectivity index (χ4n) is 4.54. The van der Waals surface area contributed by atoms with Gasteiger partial charge in [0.1, 0.15) is 17.5 Å². The van der Waals surface area contributed by atoms with Crippen LogP contribution in [0.25, 0.3) is 0 Å². The molecule has 0 radical (unpaired) electrons. The summed E-state index contributed by atoms with van der Waals surface area (Å²) in [6.45, 7) is 6.03. The highest BCUT2D eigenvalue weighted by Crippen LogP contribution is 2.33. The zero-order valence-electron chi connectivity index (χ0n) is 21.4. The van der Waals surface area contributed by atoms with E-state index in [2.05, 4.69) is 22.2 Å². The van der Waals surface area contributed by atoms with E-state index in [0.29, 0.717) is 42.7 Å². The van der Waals surface area contributed by atoms with Crippen LogP contribution >= 0.6 is 0 Å². The number of anilines is 1. The third-order valence-corrected chi connectivity index (χ3v) is 6.48. The monoisotopic (exact) mass is 531 g/mol. The van der Waals surface area contributed by atoms with Crippen molar-refractivity contribution >= 4 is 11.6 Å². The van der Waals surface area contributed by atoms with Crippen molar-refractivity contribution in [3.63, 3.8) is 0 Å². The second-order valence-electron chi connectivity index (χ2n) is 9.25. The quantitative estimate of drug-likeness (QED) is 0.265. The fourth-order valence-corrected chi connectivity index (χ4v) is 4.54. The summed E-state index contributed by atoms with van der Waals surface area (Å²) >= 11 is 0. The van der Waals surface area contributed by atoms with Gasteiger partial charge in [0.25, 0.3) is 0 Å². The minimum atomic E-state index is -0.808. The first kappa shape index (κ1) is 29.3. The van der Waals surface area contributed by atoms with E-state index in [0.717, 1.165) is 18.8 Å². The van der Waals surface area contributed by atoms with Gasteiger partial charge in [0.2, 0.25) is 5.91 Å². The lowest BCUT2D eigenvalue weighted by Gasteiger charge is -2.25. The first-order valence-electron chi connectivity index (χ1n) is 12.5. The van der Waals surface area contributed by atoms with Gasteiger partial charge in [-0.25, -0.2) is 13.2 Å². The molecule has 204 valence electrons.